The molecule has 0 heterocycles. The van der Waals surface area contributed by atoms with Gasteiger partial charge in [0.05, 0.1) is 0 Å². The zero-order valence-electron chi connectivity index (χ0n) is 13.0. The van der Waals surface area contributed by atoms with E-state index in [1.54, 1.807) is 13.3 Å². The summed E-state index contributed by atoms with van der Waals surface area (Å²) in [5, 5.41) is 0. The van der Waals surface area contributed by atoms with Crippen LogP contribution in [0.4, 0.5) is 0 Å². The first-order chi connectivity index (χ1) is 8.74. The number of rotatable bonds is 13. The van der Waals surface area contributed by atoms with Crippen LogP contribution in [0.2, 0.25) is 13.3 Å². The summed E-state index contributed by atoms with van der Waals surface area (Å²) >= 11 is -1.85. The van der Waals surface area contributed by atoms with Crippen molar-refractivity contribution in [2.75, 3.05) is 5.75 Å². The molecule has 0 nitrogen and oxygen atoms in total. The average Bonchev–Trinajstić information content (AvgIpc) is 2.40. The Morgan fingerprint density at radius 2 is 1.33 bits per heavy atom. The summed E-state index contributed by atoms with van der Waals surface area (Å²) in [5.41, 5.74) is 0. The van der Waals surface area contributed by atoms with Crippen molar-refractivity contribution in [1.29, 1.82) is 0 Å². The molecule has 0 aromatic rings. The second kappa shape index (κ2) is 12.9. The number of hydrogen-bond acceptors (Lipinski definition) is 1. The molecule has 0 amide bonds. The van der Waals surface area contributed by atoms with Gasteiger partial charge in [0.1, 0.15) is 0 Å². The van der Waals surface area contributed by atoms with Crippen LogP contribution in [0.25, 0.3) is 0 Å². The quantitative estimate of drug-likeness (QED) is 0.197. The second-order valence-corrected chi connectivity index (χ2v) is 25.4. The molecular formula is C16H34SSn. The Labute approximate surface area is 123 Å². The molecule has 0 aliphatic rings. The summed E-state index contributed by atoms with van der Waals surface area (Å²) in [6.45, 7) is 10.9. The van der Waals surface area contributed by atoms with Crippen LogP contribution in [0.15, 0.2) is 12.7 Å². The van der Waals surface area contributed by atoms with Crippen LogP contribution in [0, 0.1) is 0 Å². The monoisotopic (exact) mass is 378 g/mol. The number of allylic oxidation sites excluding steroid dienone is 1. The zero-order chi connectivity index (χ0) is 13.7. The molecule has 0 bridgehead atoms. The van der Waals surface area contributed by atoms with Gasteiger partial charge in [0.15, 0.2) is 0 Å². The predicted molar refractivity (Wildman–Crippen MR) is 92.2 cm³/mol. The van der Waals surface area contributed by atoms with Crippen molar-refractivity contribution in [1.82, 2.24) is 0 Å². The van der Waals surface area contributed by atoms with Gasteiger partial charge in [-0.2, -0.15) is 0 Å². The van der Waals surface area contributed by atoms with Crippen molar-refractivity contribution in [3.05, 3.63) is 12.7 Å². The van der Waals surface area contributed by atoms with Crippen LogP contribution in [0.3, 0.4) is 0 Å². The molecule has 0 fully saturated rings. The van der Waals surface area contributed by atoms with Gasteiger partial charge >= 0.3 is 123 Å². The van der Waals surface area contributed by atoms with E-state index in [1.807, 2.05) is 0 Å². The van der Waals surface area contributed by atoms with Crippen LogP contribution in [0.5, 0.6) is 0 Å². The Bertz CT molecular complexity index is 170. The Morgan fingerprint density at radius 1 is 0.889 bits per heavy atom. The van der Waals surface area contributed by atoms with E-state index in [0.29, 0.717) is 0 Å². The summed E-state index contributed by atoms with van der Waals surface area (Å²) < 4.78 is 4.90. The molecule has 0 aliphatic carbocycles. The topological polar surface area (TPSA) is 0 Å². The maximum atomic E-state index is 3.88. The number of unbranched alkanes of at least 4 members (excludes halogenated alkanes) is 3. The predicted octanol–water partition coefficient (Wildman–Crippen LogP) is 6.64. The minimum absolute atomic E-state index is 1.22. The molecule has 0 N–H and O–H groups in total. The fourth-order valence-corrected chi connectivity index (χ4v) is 25.6. The molecule has 108 valence electrons. The van der Waals surface area contributed by atoms with E-state index in [-0.39, 0.29) is 0 Å². The van der Waals surface area contributed by atoms with Gasteiger partial charge in [0.25, 0.3) is 0 Å². The maximum absolute atomic E-state index is 3.88. The average molecular weight is 377 g/mol. The van der Waals surface area contributed by atoms with Crippen molar-refractivity contribution in [2.24, 2.45) is 0 Å². The van der Waals surface area contributed by atoms with E-state index in [1.165, 1.54) is 50.7 Å². The van der Waals surface area contributed by atoms with Gasteiger partial charge in [-0.25, -0.2) is 0 Å². The third-order valence-electron chi connectivity index (χ3n) is 3.69. The third-order valence-corrected chi connectivity index (χ3v) is 26.7. The van der Waals surface area contributed by atoms with Gasteiger partial charge in [-0.05, 0) is 0 Å². The summed E-state index contributed by atoms with van der Waals surface area (Å²) in [5.74, 6) is 1.36. The summed E-state index contributed by atoms with van der Waals surface area (Å²) in [6, 6.07) is 0. The third kappa shape index (κ3) is 8.90. The Morgan fingerprint density at radius 3 is 1.67 bits per heavy atom. The molecular weight excluding hydrogens is 343 g/mol. The first-order valence-corrected chi connectivity index (χ1v) is 18.5. The van der Waals surface area contributed by atoms with E-state index in [9.17, 15) is 0 Å². The van der Waals surface area contributed by atoms with Gasteiger partial charge in [0.2, 0.25) is 0 Å². The van der Waals surface area contributed by atoms with Crippen molar-refractivity contribution < 1.29 is 0 Å². The standard InChI is InChI=1S/C4H8S.3C4H9.Sn/c1-2-3-4-5;3*1-3-4-2;/h2,5H,1,3-4H2;3*1,3-4H2,2H3;/q;;;;+1/p-1. The minimum atomic E-state index is -1.85. The molecule has 0 aromatic carbocycles. The van der Waals surface area contributed by atoms with Gasteiger partial charge in [-0.3, -0.25) is 0 Å². The molecule has 0 atom stereocenters. The number of hydrogen-bond donors (Lipinski definition) is 0. The molecule has 0 aromatic heterocycles. The molecule has 18 heavy (non-hydrogen) atoms. The van der Waals surface area contributed by atoms with Gasteiger partial charge < -0.3 is 0 Å². The van der Waals surface area contributed by atoms with E-state index < -0.39 is 17.0 Å². The van der Waals surface area contributed by atoms with E-state index in [0.717, 1.165) is 0 Å². The molecule has 0 aliphatic heterocycles. The SMILES string of the molecule is C=CCC[S][Sn]([CH2]CCC)([CH2]CCC)[CH2]CCC. The fraction of sp³-hybridized carbons (Fsp3) is 0.875. The first-order valence-electron chi connectivity index (χ1n) is 7.99. The molecule has 2 heteroatoms. The zero-order valence-corrected chi connectivity index (χ0v) is 16.6. The van der Waals surface area contributed by atoms with Crippen molar-refractivity contribution in [3.63, 3.8) is 0 Å². The van der Waals surface area contributed by atoms with E-state index in [4.69, 9.17) is 0 Å². The van der Waals surface area contributed by atoms with Crippen LogP contribution in [0.1, 0.15) is 65.7 Å². The molecule has 0 saturated carbocycles. The first kappa shape index (κ1) is 18.9. The van der Waals surface area contributed by atoms with E-state index >= 15 is 0 Å². The molecule has 0 unspecified atom stereocenters. The summed E-state index contributed by atoms with van der Waals surface area (Å²) in [7, 11) is 2.45. The Hall–Kier alpha value is 0.889. The molecule has 0 rings (SSSR count). The van der Waals surface area contributed by atoms with Gasteiger partial charge in [0, 0.05) is 0 Å². The van der Waals surface area contributed by atoms with E-state index in [2.05, 4.69) is 42.4 Å². The van der Waals surface area contributed by atoms with Crippen molar-refractivity contribution in [2.45, 2.75) is 79.0 Å². The van der Waals surface area contributed by atoms with Crippen LogP contribution < -0.4 is 0 Å². The van der Waals surface area contributed by atoms with Crippen LogP contribution >= 0.6 is 8.95 Å². The van der Waals surface area contributed by atoms with Crippen molar-refractivity contribution in [3.8, 4) is 0 Å². The Balaban J connectivity index is 4.45. The fourth-order valence-electron chi connectivity index (χ4n) is 2.45. The van der Waals surface area contributed by atoms with Crippen LogP contribution in [-0.2, 0) is 0 Å². The summed E-state index contributed by atoms with van der Waals surface area (Å²) in [6.07, 6.45) is 12.0. The molecule has 0 radical (unpaired) electrons. The van der Waals surface area contributed by atoms with Crippen LogP contribution in [-0.4, -0.2) is 22.7 Å². The second-order valence-electron chi connectivity index (χ2n) is 5.42. The molecule has 0 spiro atoms. The Kier molecular flexibility index (Phi) is 13.5. The van der Waals surface area contributed by atoms with Gasteiger partial charge in [-0.1, -0.05) is 0 Å². The van der Waals surface area contributed by atoms with Gasteiger partial charge in [-0.15, -0.1) is 0 Å². The summed E-state index contributed by atoms with van der Waals surface area (Å²) in [4.78, 5) is 0. The van der Waals surface area contributed by atoms with Crippen molar-refractivity contribution >= 4 is 25.9 Å². The molecule has 0 saturated heterocycles. The normalized spacial score (nSPS) is 11.7.